The van der Waals surface area contributed by atoms with Crippen molar-refractivity contribution in [2.45, 2.75) is 45.8 Å². The first-order valence-electron chi connectivity index (χ1n) is 13.2. The molecule has 0 aliphatic carbocycles. The minimum Gasteiger partial charge on any atom is -0.468 e. The predicted molar refractivity (Wildman–Crippen MR) is 145 cm³/mol. The number of carbonyl (C=O) groups is 1. The number of aliphatic imine (C=N–C) groups is 1. The van der Waals surface area contributed by atoms with Crippen LogP contribution in [0.3, 0.4) is 0 Å². The summed E-state index contributed by atoms with van der Waals surface area (Å²) in [4.78, 5) is 23.8. The Kier molecular flexibility index (Phi) is 7.67. The number of unbranched alkanes of at least 4 members (excludes halogenated alkanes) is 1. The standard InChI is InChI=1S/C28H34N8O2/c1-4-6-11-25-29-28-24(17-34(18-26(37)38-3)19-35(28)5-2)36(25)16-20-12-14-21(15-13-20)22-9-7-8-10-23(22)27-30-32-33-31-27/h7-10,12-15,17,25H,4-6,11,16,18-19H2,1-3H3,(H,30,31,32,33). The van der Waals surface area contributed by atoms with Crippen molar-refractivity contribution in [2.24, 2.45) is 4.99 Å². The van der Waals surface area contributed by atoms with Crippen molar-refractivity contribution in [1.82, 2.24) is 35.3 Å². The first-order chi connectivity index (χ1) is 18.6. The minimum atomic E-state index is -0.248. The van der Waals surface area contributed by atoms with Gasteiger partial charge < -0.3 is 19.4 Å². The molecule has 1 atom stereocenters. The van der Waals surface area contributed by atoms with Crippen LogP contribution in [0.4, 0.5) is 0 Å². The van der Waals surface area contributed by atoms with Gasteiger partial charge in [-0.05, 0) is 41.7 Å². The van der Waals surface area contributed by atoms with E-state index in [1.807, 2.05) is 23.1 Å². The number of aromatic nitrogens is 4. The number of nitrogens with one attached hydrogen (secondary N) is 1. The molecule has 0 saturated carbocycles. The van der Waals surface area contributed by atoms with Gasteiger partial charge in [0.2, 0.25) is 5.82 Å². The quantitative estimate of drug-likeness (QED) is 0.407. The summed E-state index contributed by atoms with van der Waals surface area (Å²) < 4.78 is 4.92. The lowest BCUT2D eigenvalue weighted by Gasteiger charge is -2.37. The van der Waals surface area contributed by atoms with E-state index in [9.17, 15) is 4.79 Å². The second-order valence-electron chi connectivity index (χ2n) is 9.52. The molecule has 5 rings (SSSR count). The van der Waals surface area contributed by atoms with Crippen molar-refractivity contribution in [3.05, 3.63) is 66.0 Å². The first-order valence-corrected chi connectivity index (χ1v) is 13.2. The number of rotatable bonds is 10. The normalized spacial score (nSPS) is 16.8. The maximum absolute atomic E-state index is 12.0. The zero-order chi connectivity index (χ0) is 26.5. The summed E-state index contributed by atoms with van der Waals surface area (Å²) >= 11 is 0. The number of H-pyrrole nitrogens is 1. The van der Waals surface area contributed by atoms with Crippen LogP contribution in [-0.4, -0.2) is 80.2 Å². The van der Waals surface area contributed by atoms with Crippen LogP contribution in [0.15, 0.2) is 65.4 Å². The Morgan fingerprint density at radius 2 is 1.89 bits per heavy atom. The smallest absolute Gasteiger partial charge is 0.325 e. The van der Waals surface area contributed by atoms with E-state index in [2.05, 4.69) is 80.8 Å². The average Bonchev–Trinajstić information content (AvgIpc) is 3.61. The van der Waals surface area contributed by atoms with Crippen LogP contribution in [-0.2, 0) is 16.1 Å². The second-order valence-corrected chi connectivity index (χ2v) is 9.52. The van der Waals surface area contributed by atoms with E-state index in [0.717, 1.165) is 60.6 Å². The molecule has 0 spiro atoms. The van der Waals surface area contributed by atoms with E-state index in [1.165, 1.54) is 12.7 Å². The van der Waals surface area contributed by atoms with E-state index < -0.39 is 0 Å². The van der Waals surface area contributed by atoms with Gasteiger partial charge in [0.05, 0.1) is 19.5 Å². The molecule has 2 aliphatic rings. The molecular formula is C28H34N8O2. The van der Waals surface area contributed by atoms with E-state index >= 15 is 0 Å². The number of nitrogens with zero attached hydrogens (tertiary/aromatic N) is 7. The van der Waals surface area contributed by atoms with E-state index in [1.54, 1.807) is 0 Å². The van der Waals surface area contributed by atoms with Crippen molar-refractivity contribution in [3.8, 4) is 22.5 Å². The van der Waals surface area contributed by atoms with Gasteiger partial charge in [0.25, 0.3) is 0 Å². The summed E-state index contributed by atoms with van der Waals surface area (Å²) in [5.74, 6) is 1.34. The molecular weight excluding hydrogens is 480 g/mol. The average molecular weight is 515 g/mol. The summed E-state index contributed by atoms with van der Waals surface area (Å²) in [5.41, 5.74) is 5.34. The maximum Gasteiger partial charge on any atom is 0.325 e. The third kappa shape index (κ3) is 5.25. The number of benzene rings is 2. The number of carbonyl (C=O) groups excluding carboxylic acids is 1. The largest absolute Gasteiger partial charge is 0.468 e. The molecule has 0 saturated heterocycles. The van der Waals surface area contributed by atoms with E-state index in [0.29, 0.717) is 12.5 Å². The topological polar surface area (TPSA) is 103 Å². The van der Waals surface area contributed by atoms with Gasteiger partial charge in [-0.25, -0.2) is 4.99 Å². The number of hydrogen-bond donors (Lipinski definition) is 1. The fraction of sp³-hybridized carbons (Fsp3) is 0.393. The minimum absolute atomic E-state index is 0.0713. The summed E-state index contributed by atoms with van der Waals surface area (Å²) in [6.45, 7) is 6.71. The Hall–Kier alpha value is -4.21. The van der Waals surface area contributed by atoms with Crippen LogP contribution in [0.5, 0.6) is 0 Å². The molecule has 1 N–H and O–H groups in total. The van der Waals surface area contributed by atoms with Gasteiger partial charge in [-0.2, -0.15) is 5.21 Å². The fourth-order valence-corrected chi connectivity index (χ4v) is 5.01. The van der Waals surface area contributed by atoms with Crippen molar-refractivity contribution in [1.29, 1.82) is 0 Å². The Morgan fingerprint density at radius 1 is 1.11 bits per heavy atom. The monoisotopic (exact) mass is 514 g/mol. The number of methoxy groups -OCH3 is 1. The molecule has 38 heavy (non-hydrogen) atoms. The zero-order valence-corrected chi connectivity index (χ0v) is 22.2. The number of fused-ring (bicyclic) bond motifs is 1. The van der Waals surface area contributed by atoms with Gasteiger partial charge in [-0.1, -0.05) is 61.9 Å². The highest BCUT2D eigenvalue weighted by Gasteiger charge is 2.36. The lowest BCUT2D eigenvalue weighted by Crippen LogP contribution is -2.47. The first kappa shape index (κ1) is 25.4. The molecule has 3 heterocycles. The van der Waals surface area contributed by atoms with Crippen molar-refractivity contribution < 1.29 is 9.53 Å². The second kappa shape index (κ2) is 11.5. The summed E-state index contributed by atoms with van der Waals surface area (Å²) in [6.07, 6.45) is 5.36. The number of esters is 1. The number of likely N-dealkylation sites (N-methyl/N-ethyl adjacent to an activating group) is 1. The third-order valence-electron chi connectivity index (χ3n) is 7.01. The molecule has 10 heteroatoms. The Balaban J connectivity index is 1.41. The Bertz CT molecular complexity index is 1300. The highest BCUT2D eigenvalue weighted by Crippen LogP contribution is 2.33. The number of hydrogen-bond acceptors (Lipinski definition) is 9. The van der Waals surface area contributed by atoms with E-state index in [-0.39, 0.29) is 18.7 Å². The van der Waals surface area contributed by atoms with Gasteiger partial charge in [-0.15, -0.1) is 10.2 Å². The molecule has 2 aromatic carbocycles. The van der Waals surface area contributed by atoms with Gasteiger partial charge in [0.1, 0.15) is 12.7 Å². The molecule has 1 aromatic heterocycles. The van der Waals surface area contributed by atoms with Gasteiger partial charge in [-0.3, -0.25) is 4.79 Å². The molecule has 0 amide bonds. The summed E-state index contributed by atoms with van der Waals surface area (Å²) in [7, 11) is 1.43. The van der Waals surface area contributed by atoms with Crippen LogP contribution in [0, 0.1) is 0 Å². The SMILES string of the molecule is CCCCC1N=C2C(=CN(CC(=O)OC)CN2CC)N1Cc1ccc(-c2ccccc2-c2nn[nH]n2)cc1. The Morgan fingerprint density at radius 3 is 2.58 bits per heavy atom. The lowest BCUT2D eigenvalue weighted by atomic mass is 9.98. The van der Waals surface area contributed by atoms with Crippen LogP contribution in [0.2, 0.25) is 0 Å². The molecule has 0 radical (unpaired) electrons. The Labute approximate surface area is 223 Å². The molecule has 10 nitrogen and oxygen atoms in total. The molecule has 1 unspecified atom stereocenters. The van der Waals surface area contributed by atoms with Gasteiger partial charge in [0.15, 0.2) is 5.84 Å². The third-order valence-corrected chi connectivity index (χ3v) is 7.01. The molecule has 0 fully saturated rings. The van der Waals surface area contributed by atoms with E-state index in [4.69, 9.17) is 9.73 Å². The molecule has 2 aliphatic heterocycles. The molecule has 198 valence electrons. The fourth-order valence-electron chi connectivity index (χ4n) is 5.01. The van der Waals surface area contributed by atoms with Gasteiger partial charge in [0, 0.05) is 24.9 Å². The van der Waals surface area contributed by atoms with Crippen LogP contribution >= 0.6 is 0 Å². The number of amidine groups is 1. The zero-order valence-electron chi connectivity index (χ0n) is 22.2. The molecule has 3 aromatic rings. The summed E-state index contributed by atoms with van der Waals surface area (Å²) in [6, 6.07) is 16.7. The van der Waals surface area contributed by atoms with Gasteiger partial charge >= 0.3 is 5.97 Å². The number of tetrazole rings is 1. The predicted octanol–water partition coefficient (Wildman–Crippen LogP) is 3.87. The molecule has 0 bridgehead atoms. The van der Waals surface area contributed by atoms with Crippen molar-refractivity contribution >= 4 is 11.8 Å². The maximum atomic E-state index is 12.0. The van der Waals surface area contributed by atoms with Crippen LogP contribution in [0.25, 0.3) is 22.5 Å². The summed E-state index contributed by atoms with van der Waals surface area (Å²) in [5, 5.41) is 14.6. The lowest BCUT2D eigenvalue weighted by molar-refractivity contribution is -0.141. The highest BCUT2D eigenvalue weighted by atomic mass is 16.5. The van der Waals surface area contributed by atoms with Crippen LogP contribution < -0.4 is 0 Å². The number of aromatic amines is 1. The highest BCUT2D eigenvalue weighted by molar-refractivity contribution is 6.00. The van der Waals surface area contributed by atoms with Crippen molar-refractivity contribution in [2.75, 3.05) is 26.9 Å². The van der Waals surface area contributed by atoms with Crippen LogP contribution in [0.1, 0.15) is 38.7 Å². The van der Waals surface area contributed by atoms with Crippen molar-refractivity contribution in [3.63, 3.8) is 0 Å². The number of ether oxygens (including phenoxy) is 1.